The number of carbonyl (C=O) groups excluding carboxylic acids is 1. The Balaban J connectivity index is 1.89. The number of nitrogens with one attached hydrogen (secondary N) is 1. The number of carbonyl (C=O) groups is 1. The average molecular weight is 547 g/mol. The monoisotopic (exact) mass is 546 g/mol. The maximum Gasteiger partial charge on any atom is 0.332 e. The van der Waals surface area contributed by atoms with Crippen LogP contribution in [0.2, 0.25) is 5.02 Å². The van der Waals surface area contributed by atoms with Crippen LogP contribution >= 0.6 is 11.6 Å². The molecule has 4 aromatic carbocycles. The third-order valence-electron chi connectivity index (χ3n) is 5.96. The summed E-state index contributed by atoms with van der Waals surface area (Å²) in [6, 6.07) is 29.5. The van der Waals surface area contributed by atoms with Crippen molar-refractivity contribution in [3.8, 4) is 0 Å². The molecular formula is C30H27ClN2O4S. The Bertz CT molecular complexity index is 1470. The van der Waals surface area contributed by atoms with Crippen molar-refractivity contribution in [2.75, 3.05) is 7.11 Å². The van der Waals surface area contributed by atoms with Gasteiger partial charge in [0.15, 0.2) is 6.04 Å². The van der Waals surface area contributed by atoms with E-state index < -0.39 is 28.1 Å². The van der Waals surface area contributed by atoms with Crippen LogP contribution in [-0.4, -0.2) is 33.3 Å². The Labute approximate surface area is 228 Å². The lowest BCUT2D eigenvalue weighted by Crippen LogP contribution is -2.40. The Morgan fingerprint density at radius 3 is 1.84 bits per heavy atom. The van der Waals surface area contributed by atoms with Crippen LogP contribution in [0.5, 0.6) is 0 Å². The molecule has 6 nitrogen and oxygen atoms in total. The number of hydrogen-bond donors (Lipinski definition) is 1. The molecular weight excluding hydrogens is 520 g/mol. The fourth-order valence-electron chi connectivity index (χ4n) is 3.97. The minimum Gasteiger partial charge on any atom is -0.467 e. The maximum atomic E-state index is 13.5. The van der Waals surface area contributed by atoms with Crippen LogP contribution in [0, 0.1) is 6.92 Å². The molecule has 2 atom stereocenters. The third kappa shape index (κ3) is 6.55. The number of esters is 1. The molecule has 1 N–H and O–H groups in total. The summed E-state index contributed by atoms with van der Waals surface area (Å²) in [6.07, 6.45) is 0. The molecule has 0 heterocycles. The molecule has 0 fully saturated rings. The molecule has 4 aromatic rings. The summed E-state index contributed by atoms with van der Waals surface area (Å²) in [5.41, 5.74) is 3.48. The van der Waals surface area contributed by atoms with E-state index in [2.05, 4.69) is 4.72 Å². The predicted octanol–water partition coefficient (Wildman–Crippen LogP) is 5.75. The number of halogens is 1. The molecule has 0 saturated carbocycles. The van der Waals surface area contributed by atoms with Gasteiger partial charge in [0, 0.05) is 16.1 Å². The van der Waals surface area contributed by atoms with Gasteiger partial charge in [-0.2, -0.15) is 0 Å². The Hall–Kier alpha value is -3.78. The second-order valence-corrected chi connectivity index (χ2v) is 10.8. The smallest absolute Gasteiger partial charge is 0.332 e. The summed E-state index contributed by atoms with van der Waals surface area (Å²) >= 11 is 6.12. The van der Waals surface area contributed by atoms with Crippen molar-refractivity contribution < 1.29 is 17.9 Å². The van der Waals surface area contributed by atoms with Gasteiger partial charge < -0.3 is 4.74 Å². The zero-order valence-electron chi connectivity index (χ0n) is 20.9. The summed E-state index contributed by atoms with van der Waals surface area (Å²) < 4.78 is 34.8. The summed E-state index contributed by atoms with van der Waals surface area (Å²) in [5.74, 6) is -0.694. The Kier molecular flexibility index (Phi) is 8.73. The molecule has 0 aliphatic carbocycles. The quantitative estimate of drug-likeness (QED) is 0.214. The molecule has 0 unspecified atom stereocenters. The van der Waals surface area contributed by atoms with Gasteiger partial charge in [-0.1, -0.05) is 102 Å². The van der Waals surface area contributed by atoms with Crippen LogP contribution < -0.4 is 4.72 Å². The standard InChI is InChI=1S/C30H27ClN2O4S/c1-21-13-19-26(20-14-21)38(35,36)33-28(24-15-17-25(31)18-16-24)29(30(34)37-2)32-27(22-9-5-3-6-10-22)23-11-7-4-8-12-23/h3-20,28-29,33H,1-2H3/t28-,29-/m0/s1. The maximum absolute atomic E-state index is 13.5. The number of rotatable bonds is 9. The Morgan fingerprint density at radius 2 is 1.34 bits per heavy atom. The van der Waals surface area contributed by atoms with E-state index in [1.54, 1.807) is 36.4 Å². The van der Waals surface area contributed by atoms with Gasteiger partial charge in [-0.05, 0) is 36.8 Å². The van der Waals surface area contributed by atoms with Gasteiger partial charge in [0.1, 0.15) is 0 Å². The molecule has 0 spiro atoms. The second kappa shape index (κ2) is 12.2. The molecule has 0 saturated heterocycles. The first kappa shape index (κ1) is 27.3. The molecule has 0 radical (unpaired) electrons. The molecule has 194 valence electrons. The van der Waals surface area contributed by atoms with E-state index in [1.165, 1.54) is 19.2 Å². The summed E-state index contributed by atoms with van der Waals surface area (Å²) in [6.45, 7) is 1.87. The fraction of sp³-hybridized carbons (Fsp3) is 0.133. The first-order chi connectivity index (χ1) is 18.3. The molecule has 38 heavy (non-hydrogen) atoms. The van der Waals surface area contributed by atoms with Crippen molar-refractivity contribution in [1.82, 2.24) is 4.72 Å². The van der Waals surface area contributed by atoms with E-state index in [1.807, 2.05) is 67.6 Å². The van der Waals surface area contributed by atoms with Crippen LogP contribution in [0.4, 0.5) is 0 Å². The minimum atomic E-state index is -4.05. The van der Waals surface area contributed by atoms with E-state index in [0.29, 0.717) is 16.3 Å². The van der Waals surface area contributed by atoms with Crippen LogP contribution in [0.25, 0.3) is 0 Å². The van der Waals surface area contributed by atoms with E-state index in [4.69, 9.17) is 21.3 Å². The van der Waals surface area contributed by atoms with E-state index in [-0.39, 0.29) is 4.90 Å². The minimum absolute atomic E-state index is 0.0704. The lowest BCUT2D eigenvalue weighted by atomic mass is 9.98. The van der Waals surface area contributed by atoms with Crippen molar-refractivity contribution in [3.63, 3.8) is 0 Å². The first-order valence-electron chi connectivity index (χ1n) is 11.9. The van der Waals surface area contributed by atoms with Crippen molar-refractivity contribution in [2.24, 2.45) is 4.99 Å². The highest BCUT2D eigenvalue weighted by molar-refractivity contribution is 7.89. The third-order valence-corrected chi connectivity index (χ3v) is 7.67. The molecule has 0 bridgehead atoms. The predicted molar refractivity (Wildman–Crippen MR) is 150 cm³/mol. The van der Waals surface area contributed by atoms with Gasteiger partial charge in [0.2, 0.25) is 10.0 Å². The van der Waals surface area contributed by atoms with Crippen LogP contribution in [0.1, 0.15) is 28.3 Å². The van der Waals surface area contributed by atoms with Crippen molar-refractivity contribution in [2.45, 2.75) is 23.9 Å². The molecule has 0 aromatic heterocycles. The number of nitrogens with zero attached hydrogens (tertiary/aromatic N) is 1. The fourth-order valence-corrected chi connectivity index (χ4v) is 5.32. The number of aryl methyl sites for hydroxylation is 1. The summed E-state index contributed by atoms with van der Waals surface area (Å²) in [5, 5.41) is 0.473. The van der Waals surface area contributed by atoms with Crippen molar-refractivity contribution >= 4 is 33.3 Å². The van der Waals surface area contributed by atoms with Gasteiger partial charge in [0.05, 0.1) is 23.8 Å². The van der Waals surface area contributed by atoms with E-state index in [9.17, 15) is 13.2 Å². The normalized spacial score (nSPS) is 12.8. The highest BCUT2D eigenvalue weighted by Gasteiger charge is 2.35. The van der Waals surface area contributed by atoms with Crippen LogP contribution in [0.15, 0.2) is 119 Å². The number of ether oxygens (including phenoxy) is 1. The van der Waals surface area contributed by atoms with Gasteiger partial charge in [-0.15, -0.1) is 0 Å². The number of benzene rings is 4. The van der Waals surface area contributed by atoms with Crippen LogP contribution in [0.3, 0.4) is 0 Å². The Morgan fingerprint density at radius 1 is 0.816 bits per heavy atom. The molecule has 0 aliphatic rings. The number of sulfonamides is 1. The SMILES string of the molecule is COC(=O)[C@@H](N=C(c1ccccc1)c1ccccc1)[C@@H](NS(=O)(=O)c1ccc(C)cc1)c1ccc(Cl)cc1. The first-order valence-corrected chi connectivity index (χ1v) is 13.8. The summed E-state index contributed by atoms with van der Waals surface area (Å²) in [4.78, 5) is 18.2. The molecule has 0 aliphatic heterocycles. The highest BCUT2D eigenvalue weighted by atomic mass is 35.5. The lowest BCUT2D eigenvalue weighted by molar-refractivity contribution is -0.142. The van der Waals surface area contributed by atoms with E-state index in [0.717, 1.165) is 16.7 Å². The highest BCUT2D eigenvalue weighted by Crippen LogP contribution is 2.27. The summed E-state index contributed by atoms with van der Waals surface area (Å²) in [7, 11) is -2.79. The largest absolute Gasteiger partial charge is 0.467 e. The number of hydrogen-bond acceptors (Lipinski definition) is 5. The average Bonchev–Trinajstić information content (AvgIpc) is 2.94. The van der Waals surface area contributed by atoms with Crippen molar-refractivity contribution in [1.29, 1.82) is 0 Å². The van der Waals surface area contributed by atoms with Crippen LogP contribution in [-0.2, 0) is 19.6 Å². The van der Waals surface area contributed by atoms with Gasteiger partial charge in [-0.25, -0.2) is 17.9 Å². The number of aliphatic imine (C=N–C) groups is 1. The lowest BCUT2D eigenvalue weighted by Gasteiger charge is -2.25. The van der Waals surface area contributed by atoms with Gasteiger partial charge in [-0.3, -0.25) is 4.99 Å². The van der Waals surface area contributed by atoms with Gasteiger partial charge >= 0.3 is 5.97 Å². The molecule has 8 heteroatoms. The number of methoxy groups -OCH3 is 1. The topological polar surface area (TPSA) is 84.8 Å². The molecule has 4 rings (SSSR count). The molecule has 0 amide bonds. The zero-order chi connectivity index (χ0) is 27.1. The van der Waals surface area contributed by atoms with Crippen molar-refractivity contribution in [3.05, 3.63) is 136 Å². The zero-order valence-corrected chi connectivity index (χ0v) is 22.5. The second-order valence-electron chi connectivity index (χ2n) is 8.64. The van der Waals surface area contributed by atoms with E-state index >= 15 is 0 Å². The van der Waals surface area contributed by atoms with Gasteiger partial charge in [0.25, 0.3) is 0 Å².